The first kappa shape index (κ1) is 20.8. The smallest absolute Gasteiger partial charge is 0.275 e. The van der Waals surface area contributed by atoms with Gasteiger partial charge in [0, 0.05) is 54.9 Å². The van der Waals surface area contributed by atoms with Crippen LogP contribution < -0.4 is 5.56 Å². The maximum Gasteiger partial charge on any atom is 0.275 e. The summed E-state index contributed by atoms with van der Waals surface area (Å²) in [5, 5.41) is 5.73. The Hall–Kier alpha value is -3.07. The molecule has 162 valence electrons. The van der Waals surface area contributed by atoms with Crippen molar-refractivity contribution >= 4 is 33.8 Å². The molecule has 0 spiro atoms. The topological polar surface area (TPSA) is 70.8 Å². The van der Waals surface area contributed by atoms with Crippen LogP contribution in [0.2, 0.25) is 5.02 Å². The maximum absolute atomic E-state index is 12.6. The third-order valence-electron chi connectivity index (χ3n) is 5.44. The van der Waals surface area contributed by atoms with Crippen LogP contribution in [0.3, 0.4) is 0 Å². The van der Waals surface area contributed by atoms with Gasteiger partial charge in [-0.2, -0.15) is 9.61 Å². The first-order valence-electron chi connectivity index (χ1n) is 10.3. The molecule has 2 aromatic heterocycles. The van der Waals surface area contributed by atoms with Crippen LogP contribution in [0, 0.1) is 0 Å². The summed E-state index contributed by atoms with van der Waals surface area (Å²) in [6.07, 6.45) is 0. The number of benzene rings is 2. The Balaban J connectivity index is 1.29. The summed E-state index contributed by atoms with van der Waals surface area (Å²) in [6, 6.07) is 18.3. The molecule has 1 fully saturated rings. The highest BCUT2D eigenvalue weighted by Gasteiger charge is 2.22. The van der Waals surface area contributed by atoms with E-state index in [4.69, 9.17) is 11.6 Å². The summed E-state index contributed by atoms with van der Waals surface area (Å²) in [7, 11) is 0. The van der Waals surface area contributed by atoms with Gasteiger partial charge in [-0.05, 0) is 24.3 Å². The van der Waals surface area contributed by atoms with Crippen molar-refractivity contribution in [3.05, 3.63) is 87.3 Å². The molecule has 0 atom stereocenters. The van der Waals surface area contributed by atoms with Crippen molar-refractivity contribution in [2.24, 2.45) is 0 Å². The Morgan fingerprint density at radius 1 is 1.00 bits per heavy atom. The summed E-state index contributed by atoms with van der Waals surface area (Å²) in [6.45, 7) is 3.32. The molecule has 3 heterocycles. The van der Waals surface area contributed by atoms with Crippen molar-refractivity contribution in [3.8, 4) is 10.6 Å². The molecule has 1 aliphatic heterocycles. The Morgan fingerprint density at radius 2 is 1.78 bits per heavy atom. The zero-order chi connectivity index (χ0) is 22.1. The van der Waals surface area contributed by atoms with Crippen LogP contribution in [0.5, 0.6) is 0 Å². The lowest BCUT2D eigenvalue weighted by molar-refractivity contribution is 0.0627. The number of fused-ring (bicyclic) bond motifs is 1. The van der Waals surface area contributed by atoms with Gasteiger partial charge in [0.15, 0.2) is 0 Å². The molecular weight excluding hydrogens is 446 g/mol. The first-order chi connectivity index (χ1) is 15.6. The minimum absolute atomic E-state index is 0.0567. The fourth-order valence-corrected chi connectivity index (χ4v) is 4.89. The molecule has 0 bridgehead atoms. The number of piperazine rings is 1. The summed E-state index contributed by atoms with van der Waals surface area (Å²) in [4.78, 5) is 34.6. The second-order valence-electron chi connectivity index (χ2n) is 7.63. The molecule has 7 nitrogen and oxygen atoms in total. The van der Waals surface area contributed by atoms with Crippen LogP contribution in [-0.4, -0.2) is 56.5 Å². The van der Waals surface area contributed by atoms with Gasteiger partial charge in [0.1, 0.15) is 5.01 Å². The average molecular weight is 466 g/mol. The van der Waals surface area contributed by atoms with Crippen LogP contribution in [0.25, 0.3) is 15.5 Å². The molecule has 1 amide bonds. The highest BCUT2D eigenvalue weighted by atomic mass is 35.5. The van der Waals surface area contributed by atoms with Crippen LogP contribution in [-0.2, 0) is 6.54 Å². The Kier molecular flexibility index (Phi) is 5.73. The van der Waals surface area contributed by atoms with E-state index in [-0.39, 0.29) is 11.5 Å². The number of rotatable bonds is 4. The van der Waals surface area contributed by atoms with E-state index in [2.05, 4.69) is 15.0 Å². The molecule has 0 N–H and O–H groups in total. The fourth-order valence-electron chi connectivity index (χ4n) is 3.78. The van der Waals surface area contributed by atoms with E-state index >= 15 is 0 Å². The molecule has 1 aliphatic rings. The second kappa shape index (κ2) is 8.82. The number of aromatic nitrogens is 3. The van der Waals surface area contributed by atoms with Crippen molar-refractivity contribution in [3.63, 3.8) is 0 Å². The van der Waals surface area contributed by atoms with E-state index in [1.165, 1.54) is 21.9 Å². The molecule has 0 radical (unpaired) electrons. The molecular formula is C23H20ClN5O2S. The fraction of sp³-hybridized carbons (Fsp3) is 0.217. The van der Waals surface area contributed by atoms with E-state index in [0.29, 0.717) is 45.9 Å². The zero-order valence-electron chi connectivity index (χ0n) is 17.1. The minimum Gasteiger partial charge on any atom is -0.336 e. The average Bonchev–Trinajstić information content (AvgIpc) is 3.25. The van der Waals surface area contributed by atoms with Crippen molar-refractivity contribution in [1.82, 2.24) is 24.4 Å². The van der Waals surface area contributed by atoms with Crippen molar-refractivity contribution in [2.75, 3.05) is 26.2 Å². The number of carbonyl (C=O) groups is 1. The van der Waals surface area contributed by atoms with Gasteiger partial charge in [0.05, 0.1) is 5.69 Å². The highest BCUT2D eigenvalue weighted by Crippen LogP contribution is 2.26. The van der Waals surface area contributed by atoms with Gasteiger partial charge in [0.2, 0.25) is 4.96 Å². The lowest BCUT2D eigenvalue weighted by Crippen LogP contribution is -2.48. The largest absolute Gasteiger partial charge is 0.336 e. The number of hydrogen-bond donors (Lipinski definition) is 0. The molecule has 32 heavy (non-hydrogen) atoms. The summed E-state index contributed by atoms with van der Waals surface area (Å²) >= 11 is 7.45. The maximum atomic E-state index is 12.6. The standard InChI is InChI=1S/C23H20ClN5O2S/c24-18-8-4-7-17(13-18)21-26-29-20(30)14-19(25-23(29)32-21)15-27-9-11-28(12-10-27)22(31)16-5-2-1-3-6-16/h1-8,13-14H,9-12,15H2. The number of hydrogen-bond acceptors (Lipinski definition) is 6. The van der Waals surface area contributed by atoms with Crippen LogP contribution in [0.4, 0.5) is 0 Å². The van der Waals surface area contributed by atoms with Gasteiger partial charge in [-0.3, -0.25) is 14.5 Å². The number of nitrogens with zero attached hydrogens (tertiary/aromatic N) is 5. The Labute approximate surface area is 193 Å². The van der Waals surface area contributed by atoms with Crippen molar-refractivity contribution < 1.29 is 4.79 Å². The van der Waals surface area contributed by atoms with Crippen molar-refractivity contribution in [2.45, 2.75) is 6.54 Å². The Bertz CT molecular complexity index is 1330. The van der Waals surface area contributed by atoms with Crippen molar-refractivity contribution in [1.29, 1.82) is 0 Å². The van der Waals surface area contributed by atoms with Gasteiger partial charge in [-0.25, -0.2) is 4.98 Å². The normalized spacial score (nSPS) is 14.7. The molecule has 9 heteroatoms. The SMILES string of the molecule is O=C(c1ccccc1)N1CCN(Cc2cc(=O)n3nc(-c4cccc(Cl)c4)sc3n2)CC1. The zero-order valence-corrected chi connectivity index (χ0v) is 18.7. The van der Waals surface area contributed by atoms with Gasteiger partial charge in [-0.1, -0.05) is 53.3 Å². The molecule has 0 saturated carbocycles. The monoisotopic (exact) mass is 465 g/mol. The lowest BCUT2D eigenvalue weighted by Gasteiger charge is -2.34. The quantitative estimate of drug-likeness (QED) is 0.462. The predicted octanol–water partition coefficient (Wildman–Crippen LogP) is 3.43. The van der Waals surface area contributed by atoms with E-state index < -0.39 is 0 Å². The Morgan fingerprint density at radius 3 is 2.53 bits per heavy atom. The number of carbonyl (C=O) groups excluding carboxylic acids is 1. The molecule has 1 saturated heterocycles. The predicted molar refractivity (Wildman–Crippen MR) is 125 cm³/mol. The molecule has 0 unspecified atom stereocenters. The highest BCUT2D eigenvalue weighted by molar-refractivity contribution is 7.19. The number of amides is 1. The molecule has 4 aromatic rings. The van der Waals surface area contributed by atoms with Crippen LogP contribution >= 0.6 is 22.9 Å². The summed E-state index contributed by atoms with van der Waals surface area (Å²) in [5.74, 6) is 0.0567. The number of halogens is 1. The van der Waals surface area contributed by atoms with Crippen LogP contribution in [0.1, 0.15) is 16.1 Å². The molecule has 2 aromatic carbocycles. The van der Waals surface area contributed by atoms with E-state index in [0.717, 1.165) is 18.7 Å². The van der Waals surface area contributed by atoms with Gasteiger partial charge in [-0.15, -0.1) is 0 Å². The van der Waals surface area contributed by atoms with Gasteiger partial charge in [0.25, 0.3) is 11.5 Å². The van der Waals surface area contributed by atoms with E-state index in [9.17, 15) is 9.59 Å². The minimum atomic E-state index is -0.201. The summed E-state index contributed by atoms with van der Waals surface area (Å²) < 4.78 is 1.33. The first-order valence-corrected chi connectivity index (χ1v) is 11.5. The lowest BCUT2D eigenvalue weighted by atomic mass is 10.2. The van der Waals surface area contributed by atoms with Crippen LogP contribution in [0.15, 0.2) is 65.5 Å². The molecule has 0 aliphatic carbocycles. The van der Waals surface area contributed by atoms with E-state index in [1.807, 2.05) is 53.4 Å². The van der Waals surface area contributed by atoms with Gasteiger partial charge >= 0.3 is 0 Å². The van der Waals surface area contributed by atoms with Gasteiger partial charge < -0.3 is 4.90 Å². The third-order valence-corrected chi connectivity index (χ3v) is 6.63. The third kappa shape index (κ3) is 4.29. The summed E-state index contributed by atoms with van der Waals surface area (Å²) in [5.41, 5.74) is 2.07. The molecule has 5 rings (SSSR count). The second-order valence-corrected chi connectivity index (χ2v) is 9.02. The van der Waals surface area contributed by atoms with E-state index in [1.54, 1.807) is 6.07 Å².